The van der Waals surface area contributed by atoms with Crippen LogP contribution < -0.4 is 9.47 Å². The van der Waals surface area contributed by atoms with Crippen LogP contribution in [0.2, 0.25) is 0 Å². The Bertz CT molecular complexity index is 1400. The highest BCUT2D eigenvalue weighted by atomic mass is 19.4. The third-order valence-electron chi connectivity index (χ3n) is 5.51. The third kappa shape index (κ3) is 4.92. The number of rotatable bonds is 7. The van der Waals surface area contributed by atoms with Crippen molar-refractivity contribution in [2.75, 3.05) is 13.2 Å². The summed E-state index contributed by atoms with van der Waals surface area (Å²) in [7, 11) is 0. The zero-order chi connectivity index (χ0) is 24.6. The Morgan fingerprint density at radius 3 is 2.57 bits per heavy atom. The van der Waals surface area contributed by atoms with E-state index in [0.29, 0.717) is 24.4 Å². The summed E-state index contributed by atoms with van der Waals surface area (Å²) in [6.45, 7) is 1.15. The maximum Gasteiger partial charge on any atom is 0.420 e. The van der Waals surface area contributed by atoms with Gasteiger partial charge in [0, 0.05) is 17.6 Å². The number of carboxylic acid groups (broad SMARTS) is 1. The van der Waals surface area contributed by atoms with Gasteiger partial charge < -0.3 is 23.9 Å². The van der Waals surface area contributed by atoms with Gasteiger partial charge in [-0.1, -0.05) is 12.1 Å². The highest BCUT2D eigenvalue weighted by Crippen LogP contribution is 2.41. The molecule has 1 N–H and O–H groups in total. The second kappa shape index (κ2) is 8.95. The number of halogens is 3. The van der Waals surface area contributed by atoms with Crippen molar-refractivity contribution in [2.45, 2.75) is 18.6 Å². The lowest BCUT2D eigenvalue weighted by Gasteiger charge is -2.27. The molecule has 0 spiro atoms. The highest BCUT2D eigenvalue weighted by molar-refractivity contribution is 5.77. The van der Waals surface area contributed by atoms with Crippen LogP contribution >= 0.6 is 0 Å². The molecule has 0 atom stereocenters. The fraction of sp³-hybridized carbons (Fsp3) is 0.200. The molecule has 0 unspecified atom stereocenters. The van der Waals surface area contributed by atoms with Gasteiger partial charge in [-0.3, -0.25) is 4.79 Å². The van der Waals surface area contributed by atoms with Gasteiger partial charge in [0.05, 0.1) is 25.7 Å². The molecular formula is C25H19F3N2O5. The first-order valence-corrected chi connectivity index (χ1v) is 10.7. The zero-order valence-corrected chi connectivity index (χ0v) is 18.2. The standard InChI is InChI=1S/C25H19F3N2O5/c26-25(27,28)20-12-19(5-6-21(20)34-18-3-1-2-15(10-18)11-23(31)32)35-22-7-4-16-8-9-30(24(16)29-22)17-13-33-14-17/h1-10,12,17H,11,13-14H2,(H,31,32). The van der Waals surface area contributed by atoms with Crippen molar-refractivity contribution in [3.8, 4) is 23.1 Å². The van der Waals surface area contributed by atoms with Gasteiger partial charge >= 0.3 is 12.1 Å². The molecule has 1 aliphatic heterocycles. The molecule has 3 heterocycles. The number of fused-ring (bicyclic) bond motifs is 1. The number of benzene rings is 2. The SMILES string of the molecule is O=C(O)Cc1cccc(Oc2ccc(Oc3ccc4ccn(C5COC5)c4n3)cc2C(F)(F)F)c1. The van der Waals surface area contributed by atoms with E-state index in [1.165, 1.54) is 24.3 Å². The molecule has 1 saturated heterocycles. The minimum absolute atomic E-state index is 0.0544. The van der Waals surface area contributed by atoms with Gasteiger partial charge in [-0.15, -0.1) is 0 Å². The molecule has 2 aromatic carbocycles. The van der Waals surface area contributed by atoms with Gasteiger partial charge in [0.2, 0.25) is 5.88 Å². The maximum atomic E-state index is 13.8. The van der Waals surface area contributed by atoms with Crippen molar-refractivity contribution in [1.82, 2.24) is 9.55 Å². The van der Waals surface area contributed by atoms with E-state index < -0.39 is 23.5 Å². The molecule has 10 heteroatoms. The first kappa shape index (κ1) is 22.7. The minimum Gasteiger partial charge on any atom is -0.481 e. The Morgan fingerprint density at radius 1 is 1.06 bits per heavy atom. The molecule has 0 radical (unpaired) electrons. The first-order valence-electron chi connectivity index (χ1n) is 10.7. The van der Waals surface area contributed by atoms with Gasteiger partial charge in [0.1, 0.15) is 28.5 Å². The van der Waals surface area contributed by atoms with Crippen LogP contribution in [0.25, 0.3) is 11.0 Å². The molecule has 7 nitrogen and oxygen atoms in total. The van der Waals surface area contributed by atoms with E-state index in [1.54, 1.807) is 18.2 Å². The van der Waals surface area contributed by atoms with Crippen LogP contribution in [0, 0.1) is 0 Å². The smallest absolute Gasteiger partial charge is 0.420 e. The number of alkyl halides is 3. The number of carbonyl (C=O) groups is 1. The number of hydrogen-bond acceptors (Lipinski definition) is 5. The predicted octanol–water partition coefficient (Wildman–Crippen LogP) is 5.84. The lowest BCUT2D eigenvalue weighted by atomic mass is 10.1. The molecule has 1 fully saturated rings. The van der Waals surface area contributed by atoms with Gasteiger partial charge in [-0.2, -0.15) is 18.2 Å². The van der Waals surface area contributed by atoms with E-state index in [9.17, 15) is 18.0 Å². The highest BCUT2D eigenvalue weighted by Gasteiger charge is 2.35. The van der Waals surface area contributed by atoms with Crippen LogP contribution in [0.1, 0.15) is 17.2 Å². The molecule has 0 saturated carbocycles. The maximum absolute atomic E-state index is 13.8. The average Bonchev–Trinajstić information content (AvgIpc) is 3.15. The molecule has 4 aromatic rings. The van der Waals surface area contributed by atoms with Crippen molar-refractivity contribution in [2.24, 2.45) is 0 Å². The average molecular weight is 484 g/mol. The predicted molar refractivity (Wildman–Crippen MR) is 119 cm³/mol. The van der Waals surface area contributed by atoms with Crippen molar-refractivity contribution in [3.05, 3.63) is 78.0 Å². The van der Waals surface area contributed by atoms with Crippen molar-refractivity contribution < 1.29 is 37.3 Å². The van der Waals surface area contributed by atoms with E-state index in [4.69, 9.17) is 19.3 Å². The number of ether oxygens (including phenoxy) is 3. The summed E-state index contributed by atoms with van der Waals surface area (Å²) in [6.07, 6.45) is -3.09. The number of hydrogen-bond donors (Lipinski definition) is 1. The molecule has 0 bridgehead atoms. The molecule has 180 valence electrons. The quantitative estimate of drug-likeness (QED) is 0.355. The molecule has 2 aromatic heterocycles. The van der Waals surface area contributed by atoms with Crippen LogP contribution in [0.5, 0.6) is 23.1 Å². The fourth-order valence-corrected chi connectivity index (χ4v) is 3.77. The first-order chi connectivity index (χ1) is 16.8. The van der Waals surface area contributed by atoms with E-state index >= 15 is 0 Å². The zero-order valence-electron chi connectivity index (χ0n) is 18.2. The van der Waals surface area contributed by atoms with Gasteiger partial charge in [-0.05, 0) is 48.0 Å². The largest absolute Gasteiger partial charge is 0.481 e. The summed E-state index contributed by atoms with van der Waals surface area (Å²) in [5.74, 6) is -1.29. The number of pyridine rings is 1. The van der Waals surface area contributed by atoms with E-state index in [-0.39, 0.29) is 29.8 Å². The van der Waals surface area contributed by atoms with Gasteiger partial charge in [-0.25, -0.2) is 0 Å². The number of nitrogens with zero attached hydrogens (tertiary/aromatic N) is 2. The number of carboxylic acids is 1. The Balaban J connectivity index is 1.42. The second-order valence-corrected chi connectivity index (χ2v) is 8.05. The summed E-state index contributed by atoms with van der Waals surface area (Å²) in [4.78, 5) is 15.4. The van der Waals surface area contributed by atoms with Crippen LogP contribution in [0.15, 0.2) is 66.9 Å². The van der Waals surface area contributed by atoms with E-state index in [1.807, 2.05) is 16.8 Å². The molecule has 1 aliphatic rings. The van der Waals surface area contributed by atoms with Crippen molar-refractivity contribution in [1.29, 1.82) is 0 Å². The Morgan fingerprint density at radius 2 is 1.86 bits per heavy atom. The number of aromatic nitrogens is 2. The third-order valence-corrected chi connectivity index (χ3v) is 5.51. The molecule has 0 aliphatic carbocycles. The van der Waals surface area contributed by atoms with Crippen molar-refractivity contribution >= 4 is 17.0 Å². The second-order valence-electron chi connectivity index (χ2n) is 8.05. The normalized spacial score (nSPS) is 14.0. The van der Waals surface area contributed by atoms with Gasteiger partial charge in [0.15, 0.2) is 0 Å². The number of aliphatic carboxylic acids is 1. The topological polar surface area (TPSA) is 82.8 Å². The molecule has 35 heavy (non-hydrogen) atoms. The fourth-order valence-electron chi connectivity index (χ4n) is 3.77. The monoisotopic (exact) mass is 484 g/mol. The Labute approximate surface area is 197 Å². The lowest BCUT2D eigenvalue weighted by molar-refractivity contribution is -0.138. The van der Waals surface area contributed by atoms with Crippen LogP contribution in [-0.4, -0.2) is 33.8 Å². The summed E-state index contributed by atoms with van der Waals surface area (Å²) in [6, 6.07) is 14.7. The molecular weight excluding hydrogens is 465 g/mol. The molecule has 5 rings (SSSR count). The minimum atomic E-state index is -4.72. The van der Waals surface area contributed by atoms with Crippen LogP contribution in [0.3, 0.4) is 0 Å². The summed E-state index contributed by atoms with van der Waals surface area (Å²) < 4.78 is 59.8. The summed E-state index contributed by atoms with van der Waals surface area (Å²) in [5.41, 5.74) is 0.0333. The Hall–Kier alpha value is -4.05. The van der Waals surface area contributed by atoms with Crippen molar-refractivity contribution in [3.63, 3.8) is 0 Å². The van der Waals surface area contributed by atoms with Gasteiger partial charge in [0.25, 0.3) is 0 Å². The summed E-state index contributed by atoms with van der Waals surface area (Å²) >= 11 is 0. The molecule has 0 amide bonds. The Kier molecular flexibility index (Phi) is 5.81. The summed E-state index contributed by atoms with van der Waals surface area (Å²) in [5, 5.41) is 9.82. The van der Waals surface area contributed by atoms with E-state index in [2.05, 4.69) is 4.98 Å². The lowest BCUT2D eigenvalue weighted by Crippen LogP contribution is -2.30. The van der Waals surface area contributed by atoms with Crippen LogP contribution in [-0.2, 0) is 22.1 Å². The van der Waals surface area contributed by atoms with E-state index in [0.717, 1.165) is 17.5 Å². The van der Waals surface area contributed by atoms with Crippen LogP contribution in [0.4, 0.5) is 13.2 Å².